The Morgan fingerprint density at radius 1 is 1.18 bits per heavy atom. The number of carbonyl (C=O) groups excluding carboxylic acids is 1. The molecule has 0 aromatic heterocycles. The van der Waals surface area contributed by atoms with Crippen LogP contribution in [0.4, 0.5) is 11.4 Å². The Morgan fingerprint density at radius 3 is 2.59 bits per heavy atom. The molecule has 3 N–H and O–H groups in total. The lowest BCUT2D eigenvalue weighted by atomic mass is 9.85. The highest BCUT2D eigenvalue weighted by molar-refractivity contribution is 5.97. The normalized spacial score (nSPS) is 18.9. The van der Waals surface area contributed by atoms with Crippen LogP contribution in [-0.4, -0.2) is 33.7 Å². The number of carbonyl (C=O) groups is 1. The molecule has 0 saturated carbocycles. The largest absolute Gasteiger partial charge is 0.484 e. The number of hydrogen-bond donors (Lipinski definition) is 3. The molecule has 0 saturated heterocycles. The van der Waals surface area contributed by atoms with Gasteiger partial charge in [0.15, 0.2) is 0 Å². The number of ether oxygens (including phenoxy) is 1. The van der Waals surface area contributed by atoms with Gasteiger partial charge in [-0.3, -0.25) is 14.9 Å². The third-order valence-corrected chi connectivity index (χ3v) is 6.08. The van der Waals surface area contributed by atoms with Crippen LogP contribution in [0.3, 0.4) is 0 Å². The number of aliphatic hydroxyl groups excluding tert-OH is 1. The molecule has 3 aromatic rings. The lowest BCUT2D eigenvalue weighted by Crippen LogP contribution is -2.53. The van der Waals surface area contributed by atoms with Crippen LogP contribution in [0, 0.1) is 10.1 Å². The van der Waals surface area contributed by atoms with Crippen LogP contribution in [0.5, 0.6) is 5.75 Å². The Bertz CT molecular complexity index is 1250. The number of fused-ring (bicyclic) bond motifs is 2. The standard InChI is InChI=1S/C26H29N3O5/c1-15(2)27-24-19-13-20(21(29(32)33)14-22(19)34-26(3,4)25(24)31)28-23(30)12-17-10-7-9-16-8-5-6-11-18(16)17/h5-11,13-15,24-25,27,31H,12H2,1-4H3,(H,28,30)/t24-,25+/m0/s1. The Morgan fingerprint density at radius 2 is 1.88 bits per heavy atom. The van der Waals surface area contributed by atoms with E-state index in [1.807, 2.05) is 56.3 Å². The summed E-state index contributed by atoms with van der Waals surface area (Å²) in [5, 5.41) is 30.8. The molecule has 1 aliphatic rings. The number of nitrogens with zero attached hydrogens (tertiary/aromatic N) is 1. The number of nitro benzene ring substituents is 1. The summed E-state index contributed by atoms with van der Waals surface area (Å²) in [6.07, 6.45) is -0.835. The van der Waals surface area contributed by atoms with Crippen LogP contribution in [-0.2, 0) is 11.2 Å². The number of anilines is 1. The number of nitro groups is 1. The van der Waals surface area contributed by atoms with E-state index < -0.39 is 22.7 Å². The van der Waals surface area contributed by atoms with Gasteiger partial charge in [0.05, 0.1) is 23.5 Å². The first kappa shape index (κ1) is 23.7. The highest BCUT2D eigenvalue weighted by Gasteiger charge is 2.44. The van der Waals surface area contributed by atoms with Crippen molar-refractivity contribution < 1.29 is 19.6 Å². The fraction of sp³-hybridized carbons (Fsp3) is 0.346. The average molecular weight is 464 g/mol. The van der Waals surface area contributed by atoms with Crippen LogP contribution in [0.25, 0.3) is 10.8 Å². The summed E-state index contributed by atoms with van der Waals surface area (Å²) >= 11 is 0. The molecule has 8 heteroatoms. The summed E-state index contributed by atoms with van der Waals surface area (Å²) in [6.45, 7) is 7.38. The second-order valence-electron chi connectivity index (χ2n) is 9.48. The van der Waals surface area contributed by atoms with Crippen molar-refractivity contribution in [2.45, 2.75) is 57.9 Å². The van der Waals surface area contributed by atoms with Crippen LogP contribution in [0.15, 0.2) is 54.6 Å². The third kappa shape index (κ3) is 4.60. The zero-order chi connectivity index (χ0) is 24.6. The van der Waals surface area contributed by atoms with Crippen LogP contribution in [0.1, 0.15) is 44.9 Å². The van der Waals surface area contributed by atoms with Crippen LogP contribution < -0.4 is 15.4 Å². The number of rotatable bonds is 6. The van der Waals surface area contributed by atoms with Gasteiger partial charge in [0.2, 0.25) is 5.91 Å². The molecule has 0 bridgehead atoms. The highest BCUT2D eigenvalue weighted by atomic mass is 16.6. The maximum atomic E-state index is 13.0. The number of amides is 1. The van der Waals surface area contributed by atoms with Crippen molar-refractivity contribution in [2.75, 3.05) is 5.32 Å². The Hall–Kier alpha value is -3.49. The van der Waals surface area contributed by atoms with Crippen molar-refractivity contribution in [1.82, 2.24) is 5.32 Å². The van der Waals surface area contributed by atoms with Gasteiger partial charge in [0, 0.05) is 11.6 Å². The first-order valence-electron chi connectivity index (χ1n) is 11.3. The zero-order valence-electron chi connectivity index (χ0n) is 19.7. The molecule has 0 radical (unpaired) electrons. The maximum absolute atomic E-state index is 13.0. The fourth-order valence-electron chi connectivity index (χ4n) is 4.44. The molecule has 2 atom stereocenters. The van der Waals surface area contributed by atoms with E-state index in [0.29, 0.717) is 11.3 Å². The van der Waals surface area contributed by atoms with Gasteiger partial charge < -0.3 is 20.5 Å². The van der Waals surface area contributed by atoms with Gasteiger partial charge >= 0.3 is 0 Å². The summed E-state index contributed by atoms with van der Waals surface area (Å²) in [5.74, 6) is -0.0578. The van der Waals surface area contributed by atoms with E-state index in [9.17, 15) is 20.0 Å². The van der Waals surface area contributed by atoms with Crippen molar-refractivity contribution in [2.24, 2.45) is 0 Å². The van der Waals surface area contributed by atoms with Crippen molar-refractivity contribution in [3.05, 3.63) is 75.8 Å². The van der Waals surface area contributed by atoms with Gasteiger partial charge in [0.25, 0.3) is 5.69 Å². The molecule has 0 aliphatic carbocycles. The van der Waals surface area contributed by atoms with Gasteiger partial charge in [-0.05, 0) is 36.2 Å². The van der Waals surface area contributed by atoms with E-state index in [1.165, 1.54) is 12.1 Å². The van der Waals surface area contributed by atoms with E-state index in [-0.39, 0.29) is 29.7 Å². The second-order valence-corrected chi connectivity index (χ2v) is 9.48. The minimum atomic E-state index is -0.952. The van der Waals surface area contributed by atoms with Gasteiger partial charge in [-0.25, -0.2) is 0 Å². The molecular formula is C26H29N3O5. The molecule has 0 fully saturated rings. The molecule has 0 spiro atoms. The lowest BCUT2D eigenvalue weighted by molar-refractivity contribution is -0.384. The average Bonchev–Trinajstić information content (AvgIpc) is 2.77. The summed E-state index contributed by atoms with van der Waals surface area (Å²) in [4.78, 5) is 24.3. The minimum Gasteiger partial charge on any atom is -0.484 e. The van der Waals surface area contributed by atoms with Crippen molar-refractivity contribution in [3.63, 3.8) is 0 Å². The number of benzene rings is 3. The summed E-state index contributed by atoms with van der Waals surface area (Å²) in [7, 11) is 0. The Kier molecular flexibility index (Phi) is 6.29. The third-order valence-electron chi connectivity index (χ3n) is 6.08. The quantitative estimate of drug-likeness (QED) is 0.366. The molecule has 4 rings (SSSR count). The van der Waals surface area contributed by atoms with Crippen molar-refractivity contribution in [1.29, 1.82) is 0 Å². The zero-order valence-corrected chi connectivity index (χ0v) is 19.7. The van der Waals surface area contributed by atoms with Crippen molar-refractivity contribution >= 4 is 28.1 Å². The number of hydrogen-bond acceptors (Lipinski definition) is 6. The lowest BCUT2D eigenvalue weighted by Gasteiger charge is -2.43. The topological polar surface area (TPSA) is 114 Å². The van der Waals surface area contributed by atoms with E-state index in [2.05, 4.69) is 10.6 Å². The maximum Gasteiger partial charge on any atom is 0.296 e. The predicted octanol–water partition coefficient (Wildman–Crippen LogP) is 4.50. The predicted molar refractivity (Wildman–Crippen MR) is 131 cm³/mol. The van der Waals surface area contributed by atoms with E-state index in [4.69, 9.17) is 4.74 Å². The summed E-state index contributed by atoms with van der Waals surface area (Å²) in [5.41, 5.74) is 0.246. The molecule has 178 valence electrons. The van der Waals surface area contributed by atoms with E-state index >= 15 is 0 Å². The Balaban J connectivity index is 1.69. The van der Waals surface area contributed by atoms with Gasteiger partial charge in [-0.1, -0.05) is 56.3 Å². The van der Waals surface area contributed by atoms with Gasteiger partial charge in [-0.2, -0.15) is 0 Å². The summed E-state index contributed by atoms with van der Waals surface area (Å²) < 4.78 is 5.93. The smallest absolute Gasteiger partial charge is 0.296 e. The van der Waals surface area contributed by atoms with E-state index in [1.54, 1.807) is 13.8 Å². The molecule has 3 aromatic carbocycles. The first-order valence-corrected chi connectivity index (χ1v) is 11.3. The van der Waals surface area contributed by atoms with Crippen LogP contribution >= 0.6 is 0 Å². The SMILES string of the molecule is CC(C)N[C@H]1c2cc(NC(=O)Cc3cccc4ccccc34)c([N+](=O)[O-])cc2OC(C)(C)[C@@H]1O. The molecule has 1 aliphatic heterocycles. The van der Waals surface area contributed by atoms with Crippen molar-refractivity contribution in [3.8, 4) is 5.75 Å². The fourth-order valence-corrected chi connectivity index (χ4v) is 4.44. The van der Waals surface area contributed by atoms with Crippen LogP contribution in [0.2, 0.25) is 0 Å². The molecule has 34 heavy (non-hydrogen) atoms. The van der Waals surface area contributed by atoms with Gasteiger partial charge in [-0.15, -0.1) is 0 Å². The van der Waals surface area contributed by atoms with Gasteiger partial charge in [0.1, 0.15) is 23.1 Å². The monoisotopic (exact) mass is 463 g/mol. The number of aliphatic hydroxyl groups is 1. The summed E-state index contributed by atoms with van der Waals surface area (Å²) in [6, 6.07) is 15.9. The minimum absolute atomic E-state index is 0.0426. The second kappa shape index (κ2) is 9.04. The Labute approximate surface area is 198 Å². The number of nitrogens with one attached hydrogen (secondary N) is 2. The first-order chi connectivity index (χ1) is 16.1. The molecular weight excluding hydrogens is 434 g/mol. The molecule has 8 nitrogen and oxygen atoms in total. The highest BCUT2D eigenvalue weighted by Crippen LogP contribution is 2.44. The molecule has 0 unspecified atom stereocenters. The molecule has 1 heterocycles. The molecule has 1 amide bonds. The van der Waals surface area contributed by atoms with E-state index in [0.717, 1.165) is 16.3 Å².